The number of halogens is 1. The lowest BCUT2D eigenvalue weighted by Crippen LogP contribution is -2.50. The Kier molecular flexibility index (Phi) is 18.2. The van der Waals surface area contributed by atoms with Crippen LogP contribution >= 0.6 is 0 Å². The van der Waals surface area contributed by atoms with Gasteiger partial charge in [-0.1, -0.05) is 57.9 Å². The quantitative estimate of drug-likeness (QED) is 0.380. The van der Waals surface area contributed by atoms with Crippen molar-refractivity contribution in [2.75, 3.05) is 26.2 Å². The van der Waals surface area contributed by atoms with Gasteiger partial charge in [-0.15, -0.1) is 0 Å². The van der Waals surface area contributed by atoms with E-state index in [2.05, 4.69) is 32.3 Å². The van der Waals surface area contributed by atoms with Crippen molar-refractivity contribution in [3.05, 3.63) is 0 Å². The van der Waals surface area contributed by atoms with Crippen LogP contribution in [0, 0.1) is 0 Å². The van der Waals surface area contributed by atoms with E-state index in [1.54, 1.807) is 0 Å². The average Bonchev–Trinajstić information content (AvgIpc) is 2.54. The van der Waals surface area contributed by atoms with Gasteiger partial charge in [-0.25, -0.2) is 0 Å². The maximum absolute atomic E-state index is 10.0. The van der Waals surface area contributed by atoms with Crippen molar-refractivity contribution >= 4 is 9.17 Å². The van der Waals surface area contributed by atoms with Crippen molar-refractivity contribution in [3.63, 3.8) is 0 Å². The zero-order chi connectivity index (χ0) is 17.3. The van der Waals surface area contributed by atoms with E-state index < -0.39 is 9.17 Å². The molecule has 0 aromatic rings. The summed E-state index contributed by atoms with van der Waals surface area (Å²) in [5, 5.41) is 0. The van der Waals surface area contributed by atoms with Gasteiger partial charge in [0.05, 0.1) is 26.2 Å². The van der Waals surface area contributed by atoms with E-state index in [4.69, 9.17) is 9.26 Å². The molecule has 0 heterocycles. The molecule has 0 fully saturated rings. The summed E-state index contributed by atoms with van der Waals surface area (Å²) in [5.41, 5.74) is 0. The molecular formula is C16H36FNO3Si. The molecule has 0 saturated heterocycles. The zero-order valence-corrected chi connectivity index (χ0v) is 16.0. The molecule has 0 atom stereocenters. The Morgan fingerprint density at radius 2 is 1.05 bits per heavy atom. The Bertz CT molecular complexity index is 218. The third-order valence-corrected chi connectivity index (χ3v) is 4.13. The van der Waals surface area contributed by atoms with E-state index in [0.717, 1.165) is 0 Å². The number of nitrogens with zero attached hydrogens (tertiary/aromatic N) is 1. The first kappa shape index (κ1) is 23.8. The van der Waals surface area contributed by atoms with Gasteiger partial charge in [-0.3, -0.25) is 0 Å². The van der Waals surface area contributed by atoms with Crippen LogP contribution in [0.15, 0.2) is 0 Å². The van der Waals surface area contributed by atoms with Gasteiger partial charge in [0.1, 0.15) is 0 Å². The second-order valence-corrected chi connectivity index (χ2v) is 6.63. The lowest BCUT2D eigenvalue weighted by molar-refractivity contribution is -0.929. The SMILES string of the molecule is CCCC[N+](CCCC)(CCCC)CCCC.O=[Si]([O-])OF. The summed E-state index contributed by atoms with van der Waals surface area (Å²) in [4.78, 5) is 8.84. The predicted octanol–water partition coefficient (Wildman–Crippen LogP) is 3.67. The standard InChI is InChI=1S/C16H36N.FO3Si/c1-5-9-13-17(14-10-6-2,15-11-7-3)16-12-8-4;1-4-5(2)3/h5-16H2,1-4H3;/q+1;-1. The van der Waals surface area contributed by atoms with Gasteiger partial charge in [0.25, 0.3) is 0 Å². The molecule has 0 saturated carbocycles. The van der Waals surface area contributed by atoms with Gasteiger partial charge in [0.2, 0.25) is 0 Å². The topological polar surface area (TPSA) is 49.4 Å². The predicted molar refractivity (Wildman–Crippen MR) is 88.0 cm³/mol. The summed E-state index contributed by atoms with van der Waals surface area (Å²) in [6.45, 7) is 15.0. The Hall–Kier alpha value is -0.493. The maximum atomic E-state index is 10.0. The van der Waals surface area contributed by atoms with Gasteiger partial charge < -0.3 is 18.4 Å². The second-order valence-electron chi connectivity index (χ2n) is 5.98. The van der Waals surface area contributed by atoms with Gasteiger partial charge >= 0.3 is 9.17 Å². The lowest BCUT2D eigenvalue weighted by Gasteiger charge is -2.39. The molecule has 0 aromatic carbocycles. The van der Waals surface area contributed by atoms with Crippen LogP contribution in [-0.4, -0.2) is 39.8 Å². The number of hydrogen-bond donors (Lipinski definition) is 0. The Balaban J connectivity index is 0. The lowest BCUT2D eigenvalue weighted by atomic mass is 10.1. The Morgan fingerprint density at radius 3 is 1.18 bits per heavy atom. The molecule has 6 heteroatoms. The first-order valence-electron chi connectivity index (χ1n) is 8.86. The highest BCUT2D eigenvalue weighted by Crippen LogP contribution is 2.16. The van der Waals surface area contributed by atoms with Crippen molar-refractivity contribution in [2.45, 2.75) is 79.1 Å². The summed E-state index contributed by atoms with van der Waals surface area (Å²) < 4.78 is 22.5. The molecule has 0 bridgehead atoms. The van der Waals surface area contributed by atoms with Crippen LogP contribution < -0.4 is 4.80 Å². The largest absolute Gasteiger partial charge is 0.478 e. The van der Waals surface area contributed by atoms with Crippen molar-refractivity contribution in [2.24, 2.45) is 0 Å². The first-order chi connectivity index (χ1) is 10.5. The third-order valence-electron chi connectivity index (χ3n) is 4.01. The monoisotopic (exact) mass is 337 g/mol. The van der Waals surface area contributed by atoms with E-state index in [9.17, 15) is 4.53 Å². The van der Waals surface area contributed by atoms with Crippen LogP contribution in [0.3, 0.4) is 0 Å². The van der Waals surface area contributed by atoms with Crippen LogP contribution in [-0.2, 0) is 9.09 Å². The summed E-state index contributed by atoms with van der Waals surface area (Å²) in [6.07, 6.45) is 11.1. The molecule has 0 aromatic heterocycles. The minimum absolute atomic E-state index is 1.35. The molecule has 0 unspecified atom stereocenters. The van der Waals surface area contributed by atoms with Crippen molar-refractivity contribution in [3.8, 4) is 0 Å². The van der Waals surface area contributed by atoms with E-state index in [-0.39, 0.29) is 0 Å². The van der Waals surface area contributed by atoms with Crippen LogP contribution in [0.2, 0.25) is 0 Å². The molecule has 0 rings (SSSR count). The fourth-order valence-electron chi connectivity index (χ4n) is 2.64. The molecule has 4 nitrogen and oxygen atoms in total. The minimum atomic E-state index is -3.54. The van der Waals surface area contributed by atoms with Crippen LogP contribution in [0.5, 0.6) is 0 Å². The fraction of sp³-hybridized carbons (Fsp3) is 1.00. The van der Waals surface area contributed by atoms with E-state index >= 15 is 0 Å². The summed E-state index contributed by atoms with van der Waals surface area (Å²) >= 11 is 0. The van der Waals surface area contributed by atoms with E-state index in [0.29, 0.717) is 0 Å². The van der Waals surface area contributed by atoms with Crippen LogP contribution in [0.4, 0.5) is 4.53 Å². The first-order valence-corrected chi connectivity index (χ1v) is 10.1. The van der Waals surface area contributed by atoms with Crippen molar-refractivity contribution < 1.29 is 22.9 Å². The molecule has 22 heavy (non-hydrogen) atoms. The summed E-state index contributed by atoms with van der Waals surface area (Å²) in [6, 6.07) is 0. The molecule has 0 aliphatic rings. The normalized spacial score (nSPS) is 10.8. The van der Waals surface area contributed by atoms with Crippen molar-refractivity contribution in [1.82, 2.24) is 0 Å². The highest BCUT2D eigenvalue weighted by atomic mass is 28.3. The number of quaternary nitrogens is 1. The molecule has 0 amide bonds. The second kappa shape index (κ2) is 16.9. The van der Waals surface area contributed by atoms with Crippen molar-refractivity contribution in [1.29, 1.82) is 0 Å². The number of unbranched alkanes of at least 4 members (excludes halogenated alkanes) is 4. The van der Waals surface area contributed by atoms with E-state index in [1.165, 1.54) is 82.0 Å². The molecule has 0 N–H and O–H groups in total. The molecule has 134 valence electrons. The average molecular weight is 338 g/mol. The molecular weight excluding hydrogens is 301 g/mol. The molecule has 0 spiro atoms. The zero-order valence-electron chi connectivity index (χ0n) is 15.0. The molecule has 0 aliphatic carbocycles. The number of hydrogen-bond acceptors (Lipinski definition) is 3. The Morgan fingerprint density at radius 1 is 0.818 bits per heavy atom. The highest BCUT2D eigenvalue weighted by Gasteiger charge is 2.24. The number of rotatable bonds is 13. The summed E-state index contributed by atoms with van der Waals surface area (Å²) in [7, 11) is -3.54. The van der Waals surface area contributed by atoms with Crippen LogP contribution in [0.1, 0.15) is 79.1 Å². The third kappa shape index (κ3) is 14.4. The summed E-state index contributed by atoms with van der Waals surface area (Å²) in [5.74, 6) is 0. The maximum Gasteiger partial charge on any atom is 0.446 e. The molecule has 0 radical (unpaired) electrons. The Labute approximate surface area is 138 Å². The van der Waals surface area contributed by atoms with Gasteiger partial charge in [-0.2, -0.15) is 0 Å². The van der Waals surface area contributed by atoms with Gasteiger partial charge in [-0.05, 0) is 25.7 Å². The smallest absolute Gasteiger partial charge is 0.446 e. The minimum Gasteiger partial charge on any atom is -0.478 e. The van der Waals surface area contributed by atoms with E-state index in [1.807, 2.05) is 0 Å². The fourth-order valence-corrected chi connectivity index (χ4v) is 2.64. The van der Waals surface area contributed by atoms with Gasteiger partial charge in [0.15, 0.2) is 0 Å². The highest BCUT2D eigenvalue weighted by molar-refractivity contribution is 6.21. The molecule has 0 aliphatic heterocycles. The van der Waals surface area contributed by atoms with Crippen LogP contribution in [0.25, 0.3) is 0 Å². The van der Waals surface area contributed by atoms with Gasteiger partial charge in [0, 0.05) is 0 Å².